The van der Waals surface area contributed by atoms with E-state index in [9.17, 15) is 4.79 Å². The zero-order valence-electron chi connectivity index (χ0n) is 18.4. The number of nitrogens with zero attached hydrogens (tertiary/aromatic N) is 3. The molecule has 0 N–H and O–H groups in total. The Kier molecular flexibility index (Phi) is 7.51. The lowest BCUT2D eigenvalue weighted by atomic mass is 9.97. The Labute approximate surface area is 188 Å². The summed E-state index contributed by atoms with van der Waals surface area (Å²) in [4.78, 5) is 19.3. The molecule has 1 unspecified atom stereocenters. The summed E-state index contributed by atoms with van der Waals surface area (Å²) in [6, 6.07) is 17.7. The van der Waals surface area contributed by atoms with Crippen molar-refractivity contribution in [3.63, 3.8) is 0 Å². The number of likely N-dealkylation sites (tertiary alicyclic amines) is 1. The largest absolute Gasteiger partial charge is 0.497 e. The molecule has 32 heavy (non-hydrogen) atoms. The Morgan fingerprint density at radius 3 is 2.84 bits per heavy atom. The van der Waals surface area contributed by atoms with Crippen molar-refractivity contribution >= 4 is 5.91 Å². The predicted octanol–water partition coefficient (Wildman–Crippen LogP) is 3.79. The van der Waals surface area contributed by atoms with Gasteiger partial charge in [0.05, 0.1) is 32.7 Å². The maximum Gasteiger partial charge on any atom is 0.231 e. The van der Waals surface area contributed by atoms with E-state index in [-0.39, 0.29) is 11.8 Å². The fourth-order valence-electron chi connectivity index (χ4n) is 3.94. The van der Waals surface area contributed by atoms with Gasteiger partial charge in [0.15, 0.2) is 5.82 Å². The number of ether oxygens (including phenoxy) is 2. The zero-order valence-corrected chi connectivity index (χ0v) is 18.4. The average Bonchev–Trinajstić information content (AvgIpc) is 3.32. The molecular formula is C25H29N3O4. The minimum absolute atomic E-state index is 0.0736. The van der Waals surface area contributed by atoms with Crippen molar-refractivity contribution in [2.75, 3.05) is 26.8 Å². The smallest absolute Gasteiger partial charge is 0.231 e. The topological polar surface area (TPSA) is 77.7 Å². The molecule has 0 saturated carbocycles. The summed E-state index contributed by atoms with van der Waals surface area (Å²) < 4.78 is 16.5. The molecule has 0 bridgehead atoms. The third-order valence-corrected chi connectivity index (χ3v) is 5.68. The minimum atomic E-state index is 0.0736. The predicted molar refractivity (Wildman–Crippen MR) is 119 cm³/mol. The van der Waals surface area contributed by atoms with Crippen molar-refractivity contribution in [3.8, 4) is 5.75 Å². The van der Waals surface area contributed by atoms with Crippen molar-refractivity contribution < 1.29 is 18.8 Å². The maximum atomic E-state index is 12.8. The standard InChI is InChI=1S/C25H29N3O4/c1-30-22-11-5-9-20(15-22)16-24(29)28-13-6-10-21(17-28)25-26-23(27-32-25)12-14-31-18-19-7-3-2-4-8-19/h2-5,7-9,11,15,21H,6,10,12-14,16-18H2,1H3. The van der Waals surface area contributed by atoms with Crippen LogP contribution in [0.4, 0.5) is 0 Å². The number of piperidine rings is 1. The van der Waals surface area contributed by atoms with E-state index in [4.69, 9.17) is 14.0 Å². The monoisotopic (exact) mass is 435 g/mol. The van der Waals surface area contributed by atoms with Gasteiger partial charge in [0.2, 0.25) is 11.8 Å². The molecule has 1 amide bonds. The van der Waals surface area contributed by atoms with Crippen LogP contribution >= 0.6 is 0 Å². The first-order valence-electron chi connectivity index (χ1n) is 11.1. The van der Waals surface area contributed by atoms with E-state index in [1.807, 2.05) is 59.5 Å². The van der Waals surface area contributed by atoms with Gasteiger partial charge in [-0.1, -0.05) is 47.6 Å². The van der Waals surface area contributed by atoms with Crippen LogP contribution in [0.2, 0.25) is 0 Å². The molecule has 2 heterocycles. The Morgan fingerprint density at radius 1 is 1.16 bits per heavy atom. The molecule has 2 aromatic carbocycles. The van der Waals surface area contributed by atoms with Crippen molar-refractivity contribution in [1.82, 2.24) is 15.0 Å². The highest BCUT2D eigenvalue weighted by Crippen LogP contribution is 2.26. The van der Waals surface area contributed by atoms with Crippen LogP contribution in [-0.2, 0) is 29.0 Å². The summed E-state index contributed by atoms with van der Waals surface area (Å²) in [5.74, 6) is 2.20. The van der Waals surface area contributed by atoms with E-state index in [2.05, 4.69) is 10.1 Å². The van der Waals surface area contributed by atoms with Crippen LogP contribution in [0.1, 0.15) is 41.6 Å². The molecule has 1 saturated heterocycles. The quantitative estimate of drug-likeness (QED) is 0.476. The summed E-state index contributed by atoms with van der Waals surface area (Å²) >= 11 is 0. The van der Waals surface area contributed by atoms with Gasteiger partial charge in [-0.05, 0) is 36.1 Å². The molecule has 1 aliphatic rings. The number of carbonyl (C=O) groups is 1. The van der Waals surface area contributed by atoms with Crippen LogP contribution in [0.5, 0.6) is 5.75 Å². The van der Waals surface area contributed by atoms with E-state index in [0.717, 1.165) is 36.3 Å². The molecule has 0 spiro atoms. The third-order valence-electron chi connectivity index (χ3n) is 5.68. The van der Waals surface area contributed by atoms with Gasteiger partial charge in [-0.3, -0.25) is 4.79 Å². The number of methoxy groups -OCH3 is 1. The first kappa shape index (κ1) is 22.0. The fraction of sp³-hybridized carbons (Fsp3) is 0.400. The first-order valence-corrected chi connectivity index (χ1v) is 11.1. The number of carbonyl (C=O) groups excluding carboxylic acids is 1. The van der Waals surface area contributed by atoms with Gasteiger partial charge >= 0.3 is 0 Å². The van der Waals surface area contributed by atoms with Gasteiger partial charge in [0, 0.05) is 19.5 Å². The van der Waals surface area contributed by atoms with Crippen LogP contribution in [0.15, 0.2) is 59.1 Å². The lowest BCUT2D eigenvalue weighted by Crippen LogP contribution is -2.40. The van der Waals surface area contributed by atoms with E-state index in [1.54, 1.807) is 7.11 Å². The van der Waals surface area contributed by atoms with Crippen LogP contribution in [0, 0.1) is 0 Å². The van der Waals surface area contributed by atoms with E-state index >= 15 is 0 Å². The Morgan fingerprint density at radius 2 is 2.00 bits per heavy atom. The fourth-order valence-corrected chi connectivity index (χ4v) is 3.94. The molecule has 168 valence electrons. The van der Waals surface area contributed by atoms with Crippen LogP contribution in [-0.4, -0.2) is 47.8 Å². The number of benzene rings is 2. The Bertz CT molecular complexity index is 1010. The third kappa shape index (κ3) is 5.95. The van der Waals surface area contributed by atoms with Gasteiger partial charge in [-0.2, -0.15) is 4.98 Å². The molecule has 3 aromatic rings. The van der Waals surface area contributed by atoms with E-state index in [1.165, 1.54) is 0 Å². The highest BCUT2D eigenvalue weighted by atomic mass is 16.5. The number of rotatable bonds is 9. The molecule has 7 heteroatoms. The van der Waals surface area contributed by atoms with Crippen molar-refractivity contribution in [1.29, 1.82) is 0 Å². The number of aromatic nitrogens is 2. The second-order valence-corrected chi connectivity index (χ2v) is 8.04. The summed E-state index contributed by atoms with van der Waals surface area (Å²) in [5.41, 5.74) is 2.09. The second kappa shape index (κ2) is 10.9. The molecule has 1 aliphatic heterocycles. The summed E-state index contributed by atoms with van der Waals surface area (Å²) in [6.07, 6.45) is 2.82. The van der Waals surface area contributed by atoms with Crippen LogP contribution < -0.4 is 4.74 Å². The highest BCUT2D eigenvalue weighted by molar-refractivity contribution is 5.79. The Hall–Kier alpha value is -3.19. The molecular weight excluding hydrogens is 406 g/mol. The average molecular weight is 436 g/mol. The lowest BCUT2D eigenvalue weighted by molar-refractivity contribution is -0.131. The lowest BCUT2D eigenvalue weighted by Gasteiger charge is -2.31. The normalized spacial score (nSPS) is 16.2. The molecule has 1 fully saturated rings. The summed E-state index contributed by atoms with van der Waals surface area (Å²) in [5, 5.41) is 4.11. The highest BCUT2D eigenvalue weighted by Gasteiger charge is 2.28. The van der Waals surface area contributed by atoms with Gasteiger partial charge in [0.25, 0.3) is 0 Å². The summed E-state index contributed by atoms with van der Waals surface area (Å²) in [7, 11) is 1.63. The first-order chi connectivity index (χ1) is 15.7. The van der Waals surface area contributed by atoms with Crippen LogP contribution in [0.25, 0.3) is 0 Å². The van der Waals surface area contributed by atoms with Crippen LogP contribution in [0.3, 0.4) is 0 Å². The molecule has 0 radical (unpaired) electrons. The SMILES string of the molecule is COc1cccc(CC(=O)N2CCCC(c3nc(CCOCc4ccccc4)no3)C2)c1. The molecule has 1 atom stereocenters. The van der Waals surface area contributed by atoms with Crippen molar-refractivity contribution in [2.45, 2.75) is 38.2 Å². The van der Waals surface area contributed by atoms with Gasteiger partial charge in [-0.15, -0.1) is 0 Å². The number of hydrogen-bond donors (Lipinski definition) is 0. The summed E-state index contributed by atoms with van der Waals surface area (Å²) in [6.45, 7) is 2.46. The number of hydrogen-bond acceptors (Lipinski definition) is 6. The maximum absolute atomic E-state index is 12.8. The van der Waals surface area contributed by atoms with Gasteiger partial charge in [-0.25, -0.2) is 0 Å². The Balaban J connectivity index is 1.26. The van der Waals surface area contributed by atoms with Crippen molar-refractivity contribution in [2.24, 2.45) is 0 Å². The zero-order chi connectivity index (χ0) is 22.2. The van der Waals surface area contributed by atoms with Gasteiger partial charge in [0.1, 0.15) is 5.75 Å². The van der Waals surface area contributed by atoms with Gasteiger partial charge < -0.3 is 18.9 Å². The van der Waals surface area contributed by atoms with Crippen molar-refractivity contribution in [3.05, 3.63) is 77.4 Å². The molecule has 4 rings (SSSR count). The number of amides is 1. The van der Waals surface area contributed by atoms with E-state index < -0.39 is 0 Å². The second-order valence-electron chi connectivity index (χ2n) is 8.04. The van der Waals surface area contributed by atoms with E-state index in [0.29, 0.717) is 44.3 Å². The molecule has 0 aliphatic carbocycles. The molecule has 7 nitrogen and oxygen atoms in total. The molecule has 1 aromatic heterocycles. The minimum Gasteiger partial charge on any atom is -0.497 e.